The Morgan fingerprint density at radius 1 is 1.00 bits per heavy atom. The Labute approximate surface area is 145 Å². The van der Waals surface area contributed by atoms with Gasteiger partial charge in [0, 0.05) is 24.8 Å². The Hall–Kier alpha value is -2.47. The molecule has 0 aliphatic carbocycles. The molecule has 0 bridgehead atoms. The van der Waals surface area contributed by atoms with E-state index in [1.54, 1.807) is 6.20 Å². The summed E-state index contributed by atoms with van der Waals surface area (Å²) < 4.78 is 1.95. The number of benzene rings is 1. The fraction of sp³-hybridized carbons (Fsp3) is 0.294. The van der Waals surface area contributed by atoms with Gasteiger partial charge < -0.3 is 4.90 Å². The first-order valence-electron chi connectivity index (χ1n) is 8.00. The summed E-state index contributed by atoms with van der Waals surface area (Å²) >= 11 is 6.22. The van der Waals surface area contributed by atoms with Gasteiger partial charge in [-0.1, -0.05) is 35.0 Å². The molecule has 24 heavy (non-hydrogen) atoms. The topological polar surface area (TPSA) is 59.7 Å². The zero-order valence-corrected chi connectivity index (χ0v) is 13.8. The molecule has 0 amide bonds. The Kier molecular flexibility index (Phi) is 4.13. The van der Waals surface area contributed by atoms with Crippen molar-refractivity contribution in [2.45, 2.75) is 18.9 Å². The predicted octanol–water partition coefficient (Wildman–Crippen LogP) is 3.23. The molecule has 0 saturated carbocycles. The zero-order valence-electron chi connectivity index (χ0n) is 13.1. The number of hydrogen-bond acceptors (Lipinski definition) is 5. The number of anilines is 1. The van der Waals surface area contributed by atoms with Crippen molar-refractivity contribution in [2.24, 2.45) is 0 Å². The second-order valence-corrected chi connectivity index (χ2v) is 6.27. The Bertz CT molecular complexity index is 794. The lowest BCUT2D eigenvalue weighted by Crippen LogP contribution is -2.35. The molecule has 122 valence electrons. The average molecular weight is 341 g/mol. The molecule has 6 nitrogen and oxygen atoms in total. The van der Waals surface area contributed by atoms with E-state index >= 15 is 0 Å². The molecule has 4 rings (SSSR count). The molecule has 1 aliphatic rings. The van der Waals surface area contributed by atoms with Crippen LogP contribution in [0.25, 0.3) is 11.3 Å². The average Bonchev–Trinajstić information content (AvgIpc) is 3.17. The fourth-order valence-electron chi connectivity index (χ4n) is 3.08. The van der Waals surface area contributed by atoms with Gasteiger partial charge in [-0.3, -0.25) is 0 Å². The van der Waals surface area contributed by atoms with Crippen LogP contribution in [-0.2, 0) is 0 Å². The van der Waals surface area contributed by atoms with Gasteiger partial charge in [0.15, 0.2) is 5.82 Å². The highest BCUT2D eigenvalue weighted by atomic mass is 35.5. The Morgan fingerprint density at radius 3 is 2.50 bits per heavy atom. The van der Waals surface area contributed by atoms with E-state index in [-0.39, 0.29) is 0 Å². The number of hydrogen-bond donors (Lipinski definition) is 0. The summed E-state index contributed by atoms with van der Waals surface area (Å²) in [6.07, 6.45) is 5.71. The SMILES string of the molecule is Clc1ccccc1-c1ccc(N2CCC(n3ccnn3)CC2)nn1. The van der Waals surface area contributed by atoms with E-state index in [2.05, 4.69) is 25.4 Å². The zero-order chi connectivity index (χ0) is 16.4. The summed E-state index contributed by atoms with van der Waals surface area (Å²) in [5.41, 5.74) is 1.70. The lowest BCUT2D eigenvalue weighted by atomic mass is 10.1. The van der Waals surface area contributed by atoms with Crippen molar-refractivity contribution in [3.63, 3.8) is 0 Å². The molecule has 0 spiro atoms. The standard InChI is InChI=1S/C17H17ClN6/c18-15-4-2-1-3-14(15)16-5-6-17(21-20-16)23-10-7-13(8-11-23)24-12-9-19-22-24/h1-6,9,12-13H,7-8,10-11H2. The van der Waals surface area contributed by atoms with E-state index < -0.39 is 0 Å². The van der Waals surface area contributed by atoms with Crippen LogP contribution in [0.2, 0.25) is 5.02 Å². The van der Waals surface area contributed by atoms with Crippen LogP contribution in [-0.4, -0.2) is 38.3 Å². The highest BCUT2D eigenvalue weighted by Crippen LogP contribution is 2.28. The quantitative estimate of drug-likeness (QED) is 0.732. The predicted molar refractivity (Wildman–Crippen MR) is 93.0 cm³/mol. The van der Waals surface area contributed by atoms with E-state index in [0.717, 1.165) is 43.0 Å². The first-order valence-corrected chi connectivity index (χ1v) is 8.38. The molecular weight excluding hydrogens is 324 g/mol. The van der Waals surface area contributed by atoms with E-state index in [9.17, 15) is 0 Å². The van der Waals surface area contributed by atoms with Crippen molar-refractivity contribution in [2.75, 3.05) is 18.0 Å². The summed E-state index contributed by atoms with van der Waals surface area (Å²) in [5.74, 6) is 0.905. The summed E-state index contributed by atoms with van der Waals surface area (Å²) in [5, 5.41) is 17.4. The monoisotopic (exact) mass is 340 g/mol. The number of halogens is 1. The van der Waals surface area contributed by atoms with Crippen molar-refractivity contribution < 1.29 is 0 Å². The van der Waals surface area contributed by atoms with Crippen molar-refractivity contribution in [3.05, 3.63) is 53.8 Å². The maximum absolute atomic E-state index is 6.22. The van der Waals surface area contributed by atoms with Crippen LogP contribution in [0.3, 0.4) is 0 Å². The molecule has 3 aromatic rings. The maximum atomic E-state index is 6.22. The molecule has 1 saturated heterocycles. The van der Waals surface area contributed by atoms with Gasteiger partial charge >= 0.3 is 0 Å². The third-order valence-electron chi connectivity index (χ3n) is 4.40. The lowest BCUT2D eigenvalue weighted by Gasteiger charge is -2.32. The minimum atomic E-state index is 0.416. The van der Waals surface area contributed by atoms with Gasteiger partial charge in [0.05, 0.1) is 23.0 Å². The summed E-state index contributed by atoms with van der Waals surface area (Å²) in [7, 11) is 0. The van der Waals surface area contributed by atoms with E-state index in [1.807, 2.05) is 47.3 Å². The van der Waals surface area contributed by atoms with Gasteiger partial charge in [-0.2, -0.15) is 0 Å². The molecule has 0 N–H and O–H groups in total. The van der Waals surface area contributed by atoms with E-state index in [4.69, 9.17) is 11.6 Å². The van der Waals surface area contributed by atoms with Gasteiger partial charge in [0.25, 0.3) is 0 Å². The third-order valence-corrected chi connectivity index (χ3v) is 4.73. The van der Waals surface area contributed by atoms with Gasteiger partial charge in [-0.15, -0.1) is 15.3 Å². The number of aromatic nitrogens is 5. The van der Waals surface area contributed by atoms with Crippen LogP contribution in [0.15, 0.2) is 48.8 Å². The number of rotatable bonds is 3. The summed E-state index contributed by atoms with van der Waals surface area (Å²) in [6.45, 7) is 1.87. The minimum absolute atomic E-state index is 0.416. The van der Waals surface area contributed by atoms with E-state index in [0.29, 0.717) is 11.1 Å². The molecule has 7 heteroatoms. The normalized spacial score (nSPS) is 15.6. The van der Waals surface area contributed by atoms with Crippen molar-refractivity contribution >= 4 is 17.4 Å². The van der Waals surface area contributed by atoms with Crippen LogP contribution < -0.4 is 4.90 Å². The molecule has 2 aromatic heterocycles. The first-order chi connectivity index (χ1) is 11.8. The molecule has 1 aromatic carbocycles. The Balaban J connectivity index is 1.45. The van der Waals surface area contributed by atoms with Crippen LogP contribution in [0, 0.1) is 0 Å². The molecular formula is C17H17ClN6. The highest BCUT2D eigenvalue weighted by molar-refractivity contribution is 6.33. The number of piperidine rings is 1. The second-order valence-electron chi connectivity index (χ2n) is 5.86. The van der Waals surface area contributed by atoms with Crippen molar-refractivity contribution in [1.29, 1.82) is 0 Å². The molecule has 1 aliphatic heterocycles. The van der Waals surface area contributed by atoms with Crippen LogP contribution in [0.5, 0.6) is 0 Å². The van der Waals surface area contributed by atoms with Crippen LogP contribution in [0.1, 0.15) is 18.9 Å². The molecule has 0 radical (unpaired) electrons. The van der Waals surface area contributed by atoms with E-state index in [1.165, 1.54) is 0 Å². The largest absolute Gasteiger partial charge is 0.355 e. The first kappa shape index (κ1) is 15.1. The Morgan fingerprint density at radius 2 is 1.83 bits per heavy atom. The second kappa shape index (κ2) is 6.57. The number of nitrogens with zero attached hydrogens (tertiary/aromatic N) is 6. The van der Waals surface area contributed by atoms with Gasteiger partial charge in [0.1, 0.15) is 0 Å². The molecule has 1 fully saturated rings. The smallest absolute Gasteiger partial charge is 0.151 e. The lowest BCUT2D eigenvalue weighted by molar-refractivity contribution is 0.359. The third kappa shape index (κ3) is 2.97. The van der Waals surface area contributed by atoms with Crippen molar-refractivity contribution in [3.8, 4) is 11.3 Å². The van der Waals surface area contributed by atoms with Gasteiger partial charge in [-0.05, 0) is 31.0 Å². The van der Waals surface area contributed by atoms with Crippen molar-refractivity contribution in [1.82, 2.24) is 25.2 Å². The molecule has 0 unspecified atom stereocenters. The maximum Gasteiger partial charge on any atom is 0.151 e. The van der Waals surface area contributed by atoms with Gasteiger partial charge in [0.2, 0.25) is 0 Å². The van der Waals surface area contributed by atoms with Crippen LogP contribution in [0.4, 0.5) is 5.82 Å². The molecule has 3 heterocycles. The molecule has 0 atom stereocenters. The summed E-state index contributed by atoms with van der Waals surface area (Å²) in [4.78, 5) is 2.26. The highest BCUT2D eigenvalue weighted by Gasteiger charge is 2.22. The fourth-order valence-corrected chi connectivity index (χ4v) is 3.31. The van der Waals surface area contributed by atoms with Gasteiger partial charge in [-0.25, -0.2) is 4.68 Å². The minimum Gasteiger partial charge on any atom is -0.355 e. The summed E-state index contributed by atoms with van der Waals surface area (Å²) in [6, 6.07) is 12.1. The van der Waals surface area contributed by atoms with Crippen LogP contribution >= 0.6 is 11.6 Å².